The zero-order valence-electron chi connectivity index (χ0n) is 15.2. The van der Waals surface area contributed by atoms with Crippen LogP contribution in [0, 0.1) is 21.4 Å². The number of nitrogens with zero attached hydrogens (tertiary/aromatic N) is 6. The van der Waals surface area contributed by atoms with Crippen molar-refractivity contribution in [2.75, 3.05) is 18.0 Å². The second-order valence-corrected chi connectivity index (χ2v) is 7.59. The van der Waals surface area contributed by atoms with Gasteiger partial charge in [-0.1, -0.05) is 34.5 Å². The number of anilines is 1. The Labute approximate surface area is 180 Å². The number of rotatable bonds is 7. The predicted molar refractivity (Wildman–Crippen MR) is 115 cm³/mol. The lowest BCUT2D eigenvalue weighted by Crippen LogP contribution is -2.23. The van der Waals surface area contributed by atoms with Crippen LogP contribution < -0.4 is 4.90 Å². The monoisotopic (exact) mass is 448 g/mol. The number of hydrogen-bond donors (Lipinski definition) is 0. The van der Waals surface area contributed by atoms with Gasteiger partial charge < -0.3 is 4.90 Å². The van der Waals surface area contributed by atoms with E-state index in [-0.39, 0.29) is 20.9 Å². The fraction of sp³-hybridized carbons (Fsp3) is 0.222. The lowest BCUT2D eigenvalue weighted by molar-refractivity contribution is -0.384. The number of nitriles is 1. The molecule has 3 aromatic rings. The number of fused-ring (bicyclic) bond motifs is 1. The third kappa shape index (κ3) is 4.62. The number of azo groups is 1. The third-order valence-corrected chi connectivity index (χ3v) is 5.81. The smallest absolute Gasteiger partial charge is 0.290 e. The molecule has 0 aliphatic carbocycles. The number of hydrogen-bond acceptors (Lipinski definition) is 8. The summed E-state index contributed by atoms with van der Waals surface area (Å²) in [5, 5.41) is 28.5. The minimum absolute atomic E-state index is 0.0188. The Kier molecular flexibility index (Phi) is 6.59. The minimum Gasteiger partial charge on any atom is -0.371 e. The summed E-state index contributed by atoms with van der Waals surface area (Å²) in [6.45, 7) is 3.48. The molecule has 0 spiro atoms. The van der Waals surface area contributed by atoms with Crippen molar-refractivity contribution in [3.05, 3.63) is 50.5 Å². The van der Waals surface area contributed by atoms with Crippen LogP contribution in [-0.4, -0.2) is 23.0 Å². The maximum Gasteiger partial charge on any atom is 0.290 e. The fourth-order valence-electron chi connectivity index (χ4n) is 2.65. The largest absolute Gasteiger partial charge is 0.371 e. The van der Waals surface area contributed by atoms with E-state index in [1.54, 1.807) is 0 Å². The zero-order valence-corrected chi connectivity index (χ0v) is 17.5. The van der Waals surface area contributed by atoms with Crippen LogP contribution in [0.25, 0.3) is 10.2 Å². The van der Waals surface area contributed by atoms with Crippen LogP contribution >= 0.6 is 34.5 Å². The number of aromatic nitrogens is 1. The Bertz CT molecular complexity index is 1120. The van der Waals surface area contributed by atoms with Crippen LogP contribution in [0.3, 0.4) is 0 Å². The molecule has 11 heteroatoms. The molecule has 3 rings (SSSR count). The van der Waals surface area contributed by atoms with Gasteiger partial charge in [-0.15, -0.1) is 10.2 Å². The number of nitro groups is 1. The molecule has 0 atom stereocenters. The zero-order chi connectivity index (χ0) is 21.0. The molecule has 0 aliphatic heterocycles. The Morgan fingerprint density at radius 3 is 2.66 bits per heavy atom. The molecule has 148 valence electrons. The van der Waals surface area contributed by atoms with Gasteiger partial charge >= 0.3 is 0 Å². The molecule has 0 aliphatic rings. The summed E-state index contributed by atoms with van der Waals surface area (Å²) >= 11 is 13.3. The van der Waals surface area contributed by atoms with E-state index in [1.807, 2.05) is 31.2 Å². The Morgan fingerprint density at radius 1 is 1.31 bits per heavy atom. The van der Waals surface area contributed by atoms with Gasteiger partial charge in [0.1, 0.15) is 10.5 Å². The van der Waals surface area contributed by atoms with Crippen molar-refractivity contribution in [2.24, 2.45) is 10.2 Å². The van der Waals surface area contributed by atoms with Crippen LogP contribution in [-0.2, 0) is 0 Å². The van der Waals surface area contributed by atoms with Gasteiger partial charge in [-0.25, -0.2) is 4.98 Å². The maximum absolute atomic E-state index is 11.1. The number of halogens is 2. The van der Waals surface area contributed by atoms with Gasteiger partial charge in [0.15, 0.2) is 0 Å². The summed E-state index contributed by atoms with van der Waals surface area (Å²) < 4.78 is 0.395. The van der Waals surface area contributed by atoms with Gasteiger partial charge in [-0.05, 0) is 31.2 Å². The molecule has 1 aromatic heterocycles. The normalized spacial score (nSPS) is 11.1. The van der Waals surface area contributed by atoms with E-state index in [0.29, 0.717) is 28.9 Å². The van der Waals surface area contributed by atoms with Crippen LogP contribution in [0.15, 0.2) is 40.6 Å². The molecule has 0 N–H and O–H groups in total. The third-order valence-electron chi connectivity index (χ3n) is 4.07. The first kappa shape index (κ1) is 20.9. The highest BCUT2D eigenvalue weighted by molar-refractivity contribution is 7.22. The summed E-state index contributed by atoms with van der Waals surface area (Å²) in [5.74, 6) is 0. The topological polar surface area (TPSA) is 108 Å². The standard InChI is InChI=1S/C18H14Cl2N6O2S/c1-2-25(9-3-8-21)12-6-4-11(5-7-12)23-24-18-22-16-13(19)10-14(26(27)28)15(20)17(16)29-18/h4-7,10H,2-3,9H2,1H3. The second kappa shape index (κ2) is 9.13. The van der Waals surface area contributed by atoms with Crippen molar-refractivity contribution in [3.63, 3.8) is 0 Å². The van der Waals surface area contributed by atoms with Crippen molar-refractivity contribution in [3.8, 4) is 6.07 Å². The van der Waals surface area contributed by atoms with Crippen molar-refractivity contribution in [2.45, 2.75) is 13.3 Å². The summed E-state index contributed by atoms with van der Waals surface area (Å²) in [5.41, 5.74) is 1.69. The predicted octanol–water partition coefficient (Wildman–Crippen LogP) is 6.67. The molecular weight excluding hydrogens is 435 g/mol. The molecule has 0 radical (unpaired) electrons. The van der Waals surface area contributed by atoms with Crippen molar-refractivity contribution >= 4 is 66.9 Å². The molecule has 0 saturated carbocycles. The van der Waals surface area contributed by atoms with E-state index in [1.165, 1.54) is 6.07 Å². The first-order valence-electron chi connectivity index (χ1n) is 8.51. The number of thiazole rings is 1. The highest BCUT2D eigenvalue weighted by atomic mass is 35.5. The van der Waals surface area contributed by atoms with E-state index >= 15 is 0 Å². The Morgan fingerprint density at radius 2 is 2.03 bits per heavy atom. The van der Waals surface area contributed by atoms with Gasteiger partial charge in [0.25, 0.3) is 5.69 Å². The van der Waals surface area contributed by atoms with Gasteiger partial charge in [-0.3, -0.25) is 10.1 Å². The quantitative estimate of drug-likeness (QED) is 0.227. The van der Waals surface area contributed by atoms with E-state index in [2.05, 4.69) is 26.2 Å². The first-order valence-corrected chi connectivity index (χ1v) is 10.1. The second-order valence-electron chi connectivity index (χ2n) is 5.83. The van der Waals surface area contributed by atoms with E-state index in [9.17, 15) is 10.1 Å². The maximum atomic E-state index is 11.1. The van der Waals surface area contributed by atoms with Crippen LogP contribution in [0.4, 0.5) is 22.2 Å². The minimum atomic E-state index is -0.591. The summed E-state index contributed by atoms with van der Waals surface area (Å²) in [6, 6.07) is 10.8. The molecule has 0 fully saturated rings. The SMILES string of the molecule is CCN(CCC#N)c1ccc(N=Nc2nc3c(Cl)cc([N+](=O)[O-])c(Cl)c3s2)cc1. The van der Waals surface area contributed by atoms with Gasteiger partial charge in [0.05, 0.1) is 32.8 Å². The molecule has 0 unspecified atom stereocenters. The molecule has 0 amide bonds. The summed E-state index contributed by atoms with van der Waals surface area (Å²) in [4.78, 5) is 16.8. The highest BCUT2D eigenvalue weighted by Gasteiger charge is 2.21. The van der Waals surface area contributed by atoms with E-state index in [0.717, 1.165) is 23.6 Å². The summed E-state index contributed by atoms with van der Waals surface area (Å²) in [6.07, 6.45) is 0.455. The van der Waals surface area contributed by atoms with E-state index < -0.39 is 4.92 Å². The van der Waals surface area contributed by atoms with E-state index in [4.69, 9.17) is 28.5 Å². The molecule has 29 heavy (non-hydrogen) atoms. The highest BCUT2D eigenvalue weighted by Crippen LogP contribution is 2.42. The lowest BCUT2D eigenvalue weighted by atomic mass is 10.2. The van der Waals surface area contributed by atoms with Gasteiger partial charge in [0.2, 0.25) is 5.13 Å². The summed E-state index contributed by atoms with van der Waals surface area (Å²) in [7, 11) is 0. The Hall–Kier alpha value is -2.80. The van der Waals surface area contributed by atoms with Gasteiger partial charge in [-0.2, -0.15) is 5.26 Å². The Balaban J connectivity index is 1.84. The van der Waals surface area contributed by atoms with Gasteiger partial charge in [0, 0.05) is 24.8 Å². The molecule has 2 aromatic carbocycles. The van der Waals surface area contributed by atoms with Crippen molar-refractivity contribution < 1.29 is 4.92 Å². The number of benzene rings is 2. The fourth-order valence-corrected chi connectivity index (χ4v) is 4.12. The lowest BCUT2D eigenvalue weighted by Gasteiger charge is -2.21. The molecule has 1 heterocycles. The molecule has 8 nitrogen and oxygen atoms in total. The van der Waals surface area contributed by atoms with Crippen LogP contribution in [0.1, 0.15) is 13.3 Å². The molecule has 0 bridgehead atoms. The number of nitro benzene ring substituents is 1. The van der Waals surface area contributed by atoms with Crippen molar-refractivity contribution in [1.82, 2.24) is 4.98 Å². The average Bonchev–Trinajstić information content (AvgIpc) is 3.16. The first-order chi connectivity index (χ1) is 13.9. The van der Waals surface area contributed by atoms with Crippen LogP contribution in [0.2, 0.25) is 10.0 Å². The average molecular weight is 449 g/mol. The van der Waals surface area contributed by atoms with Crippen LogP contribution in [0.5, 0.6) is 0 Å². The van der Waals surface area contributed by atoms with Crippen molar-refractivity contribution in [1.29, 1.82) is 5.26 Å². The molecular formula is C18H14Cl2N6O2S. The molecule has 0 saturated heterocycles.